The Morgan fingerprint density at radius 3 is 2.59 bits per heavy atom. The van der Waals surface area contributed by atoms with Gasteiger partial charge >= 0.3 is 0 Å². The van der Waals surface area contributed by atoms with Gasteiger partial charge in [-0.05, 0) is 37.1 Å². The molecule has 0 spiro atoms. The summed E-state index contributed by atoms with van der Waals surface area (Å²) in [6.07, 6.45) is 0. The third-order valence-electron chi connectivity index (χ3n) is 2.78. The van der Waals surface area contributed by atoms with E-state index in [-0.39, 0.29) is 0 Å². The van der Waals surface area contributed by atoms with Gasteiger partial charge in [0, 0.05) is 16.3 Å². The molecule has 0 amide bonds. The smallest absolute Gasteiger partial charge is 0.0355 e. The summed E-state index contributed by atoms with van der Waals surface area (Å²) in [6.45, 7) is 4.27. The van der Waals surface area contributed by atoms with Crippen molar-refractivity contribution in [1.29, 1.82) is 0 Å². The van der Waals surface area contributed by atoms with Gasteiger partial charge in [0.25, 0.3) is 0 Å². The van der Waals surface area contributed by atoms with Gasteiger partial charge in [-0.15, -0.1) is 11.8 Å². The molecule has 0 fully saturated rings. The number of aryl methyl sites for hydroxylation is 2. The third-order valence-corrected chi connectivity index (χ3v) is 3.99. The van der Waals surface area contributed by atoms with Crippen molar-refractivity contribution in [3.8, 4) is 0 Å². The lowest BCUT2D eigenvalue weighted by atomic mass is 10.2. The molecule has 0 bridgehead atoms. The van der Waals surface area contributed by atoms with Crippen LogP contribution < -0.4 is 5.73 Å². The van der Waals surface area contributed by atoms with Crippen molar-refractivity contribution in [1.82, 2.24) is 0 Å². The Bertz CT molecular complexity index is 520. The summed E-state index contributed by atoms with van der Waals surface area (Å²) in [6, 6.07) is 14.6. The number of hydrogen-bond donors (Lipinski definition) is 1. The van der Waals surface area contributed by atoms with Crippen molar-refractivity contribution in [3.05, 3.63) is 59.2 Å². The van der Waals surface area contributed by atoms with E-state index in [0.29, 0.717) is 0 Å². The second-order valence-corrected chi connectivity index (χ2v) is 5.27. The molecule has 2 aromatic rings. The number of para-hydroxylation sites is 1. The van der Waals surface area contributed by atoms with E-state index in [4.69, 9.17) is 5.73 Å². The highest BCUT2D eigenvalue weighted by Gasteiger charge is 2.02. The van der Waals surface area contributed by atoms with E-state index in [1.807, 2.05) is 30.0 Å². The number of thioether (sulfide) groups is 1. The van der Waals surface area contributed by atoms with Crippen LogP contribution in [0.15, 0.2) is 47.4 Å². The van der Waals surface area contributed by atoms with Gasteiger partial charge in [0.1, 0.15) is 0 Å². The zero-order valence-corrected chi connectivity index (χ0v) is 11.1. The van der Waals surface area contributed by atoms with Crippen molar-refractivity contribution >= 4 is 17.4 Å². The number of rotatable bonds is 3. The zero-order valence-electron chi connectivity index (χ0n) is 10.2. The van der Waals surface area contributed by atoms with E-state index in [9.17, 15) is 0 Å². The van der Waals surface area contributed by atoms with E-state index in [1.165, 1.54) is 21.6 Å². The molecule has 2 rings (SSSR count). The molecule has 1 nitrogen and oxygen atoms in total. The normalized spacial score (nSPS) is 10.5. The number of benzene rings is 2. The minimum absolute atomic E-state index is 0.880. The van der Waals surface area contributed by atoms with Gasteiger partial charge in [-0.3, -0.25) is 0 Å². The Balaban J connectivity index is 2.12. The summed E-state index contributed by atoms with van der Waals surface area (Å²) in [5.41, 5.74) is 10.7. The maximum absolute atomic E-state index is 5.94. The molecule has 88 valence electrons. The van der Waals surface area contributed by atoms with Gasteiger partial charge in [-0.25, -0.2) is 0 Å². The highest BCUT2D eigenvalue weighted by molar-refractivity contribution is 7.98. The second kappa shape index (κ2) is 5.28. The molecule has 0 saturated carbocycles. The third kappa shape index (κ3) is 3.04. The molecule has 2 N–H and O–H groups in total. The monoisotopic (exact) mass is 243 g/mol. The van der Waals surface area contributed by atoms with E-state index in [2.05, 4.69) is 38.1 Å². The van der Waals surface area contributed by atoms with E-state index in [1.54, 1.807) is 0 Å². The van der Waals surface area contributed by atoms with Crippen LogP contribution in [0.25, 0.3) is 0 Å². The molecule has 0 unspecified atom stereocenters. The molecule has 2 aromatic carbocycles. The molecule has 0 aliphatic heterocycles. The van der Waals surface area contributed by atoms with Crippen LogP contribution in [-0.4, -0.2) is 0 Å². The van der Waals surface area contributed by atoms with Crippen molar-refractivity contribution in [2.24, 2.45) is 0 Å². The average molecular weight is 243 g/mol. The summed E-state index contributed by atoms with van der Waals surface area (Å²) < 4.78 is 0. The van der Waals surface area contributed by atoms with Crippen LogP contribution in [0.4, 0.5) is 5.69 Å². The fourth-order valence-electron chi connectivity index (χ4n) is 1.68. The van der Waals surface area contributed by atoms with Gasteiger partial charge in [-0.1, -0.05) is 35.9 Å². The van der Waals surface area contributed by atoms with E-state index < -0.39 is 0 Å². The number of hydrogen-bond acceptors (Lipinski definition) is 2. The maximum Gasteiger partial charge on any atom is 0.0355 e. The quantitative estimate of drug-likeness (QED) is 0.646. The molecule has 0 heterocycles. The molecular weight excluding hydrogens is 226 g/mol. The average Bonchev–Trinajstić information content (AvgIpc) is 2.32. The maximum atomic E-state index is 5.94. The topological polar surface area (TPSA) is 26.0 Å². The standard InChI is InChI=1S/C15H17NS/c1-11-7-8-12(2)15(9-11)17-10-13-5-3-4-6-14(13)16/h3-9H,10,16H2,1-2H3. The zero-order chi connectivity index (χ0) is 12.3. The van der Waals surface area contributed by atoms with Crippen LogP contribution in [0.5, 0.6) is 0 Å². The summed E-state index contributed by atoms with van der Waals surface area (Å²) in [4.78, 5) is 1.34. The second-order valence-electron chi connectivity index (χ2n) is 4.26. The van der Waals surface area contributed by atoms with Crippen LogP contribution in [0.1, 0.15) is 16.7 Å². The lowest BCUT2D eigenvalue weighted by Gasteiger charge is -2.08. The van der Waals surface area contributed by atoms with Gasteiger partial charge < -0.3 is 5.73 Å². The van der Waals surface area contributed by atoms with Gasteiger partial charge in [0.05, 0.1) is 0 Å². The SMILES string of the molecule is Cc1ccc(C)c(SCc2ccccc2N)c1. The molecule has 0 aliphatic carbocycles. The highest BCUT2D eigenvalue weighted by atomic mass is 32.2. The first-order valence-corrected chi connectivity index (χ1v) is 6.69. The molecule has 0 saturated heterocycles. The fourth-order valence-corrected chi connectivity index (χ4v) is 2.82. The molecule has 2 heteroatoms. The summed E-state index contributed by atoms with van der Waals surface area (Å²) >= 11 is 1.85. The Hall–Kier alpha value is -1.41. The molecule has 0 radical (unpaired) electrons. The number of nitrogen functional groups attached to an aromatic ring is 1. The molecule has 0 aliphatic rings. The highest BCUT2D eigenvalue weighted by Crippen LogP contribution is 2.28. The summed E-state index contributed by atoms with van der Waals surface area (Å²) in [7, 11) is 0. The first kappa shape index (κ1) is 12.1. The van der Waals surface area contributed by atoms with Crippen molar-refractivity contribution in [2.45, 2.75) is 24.5 Å². The van der Waals surface area contributed by atoms with Crippen LogP contribution in [0.2, 0.25) is 0 Å². The first-order valence-electron chi connectivity index (χ1n) is 5.70. The minimum Gasteiger partial charge on any atom is -0.398 e. The number of anilines is 1. The van der Waals surface area contributed by atoms with Crippen molar-refractivity contribution in [3.63, 3.8) is 0 Å². The molecular formula is C15H17NS. The Kier molecular flexibility index (Phi) is 3.75. The fraction of sp³-hybridized carbons (Fsp3) is 0.200. The predicted octanol–water partition coefficient (Wildman–Crippen LogP) is 4.18. The summed E-state index contributed by atoms with van der Waals surface area (Å²) in [5, 5.41) is 0. The van der Waals surface area contributed by atoms with Gasteiger partial charge in [0.2, 0.25) is 0 Å². The van der Waals surface area contributed by atoms with E-state index >= 15 is 0 Å². The van der Waals surface area contributed by atoms with Crippen molar-refractivity contribution < 1.29 is 0 Å². The predicted molar refractivity (Wildman–Crippen MR) is 76.3 cm³/mol. The van der Waals surface area contributed by atoms with E-state index in [0.717, 1.165) is 11.4 Å². The number of nitrogens with two attached hydrogens (primary N) is 1. The Morgan fingerprint density at radius 2 is 1.82 bits per heavy atom. The Labute approximate surface area is 107 Å². The molecule has 17 heavy (non-hydrogen) atoms. The lowest BCUT2D eigenvalue weighted by molar-refractivity contribution is 1.25. The molecule has 0 atom stereocenters. The lowest BCUT2D eigenvalue weighted by Crippen LogP contribution is -1.92. The minimum atomic E-state index is 0.880. The molecule has 0 aromatic heterocycles. The van der Waals surface area contributed by atoms with Crippen molar-refractivity contribution in [2.75, 3.05) is 5.73 Å². The summed E-state index contributed by atoms with van der Waals surface area (Å²) in [5.74, 6) is 0.928. The van der Waals surface area contributed by atoms with Crippen LogP contribution >= 0.6 is 11.8 Å². The van der Waals surface area contributed by atoms with Crippen LogP contribution in [-0.2, 0) is 5.75 Å². The van der Waals surface area contributed by atoms with Crippen LogP contribution in [0.3, 0.4) is 0 Å². The largest absolute Gasteiger partial charge is 0.398 e. The first-order chi connectivity index (χ1) is 8.16. The van der Waals surface area contributed by atoms with Gasteiger partial charge in [-0.2, -0.15) is 0 Å². The Morgan fingerprint density at radius 1 is 1.06 bits per heavy atom. The van der Waals surface area contributed by atoms with Crippen LogP contribution in [0, 0.1) is 13.8 Å². The van der Waals surface area contributed by atoms with Gasteiger partial charge in [0.15, 0.2) is 0 Å².